The summed E-state index contributed by atoms with van der Waals surface area (Å²) < 4.78 is 0. The van der Waals surface area contributed by atoms with Crippen LogP contribution in [0.4, 0.5) is 11.4 Å². The molecule has 0 aliphatic rings. The van der Waals surface area contributed by atoms with E-state index < -0.39 is 0 Å². The molecule has 22 heavy (non-hydrogen) atoms. The molecule has 0 bridgehead atoms. The molecule has 2 nitrogen and oxygen atoms in total. The van der Waals surface area contributed by atoms with Crippen molar-refractivity contribution in [3.05, 3.63) is 96.1 Å². The van der Waals surface area contributed by atoms with E-state index in [-0.39, 0.29) is 0 Å². The predicted octanol–water partition coefficient (Wildman–Crippen LogP) is 4.91. The number of hydrogen-bond donors (Lipinski definition) is 2. The Morgan fingerprint density at radius 2 is 0.955 bits per heavy atom. The smallest absolute Gasteiger partial charge is 0.0400 e. The number of benzene rings is 3. The Morgan fingerprint density at radius 3 is 1.41 bits per heavy atom. The van der Waals surface area contributed by atoms with Crippen LogP contribution in [0.1, 0.15) is 11.1 Å². The maximum atomic E-state index is 3.44. The van der Waals surface area contributed by atoms with Crippen LogP contribution in [0.15, 0.2) is 84.9 Å². The van der Waals surface area contributed by atoms with Crippen molar-refractivity contribution in [1.29, 1.82) is 0 Å². The number of hydrogen-bond acceptors (Lipinski definition) is 2. The average molecular weight is 288 g/mol. The molecule has 0 amide bonds. The molecule has 0 radical (unpaired) electrons. The Bertz CT molecular complexity index is 634. The summed E-state index contributed by atoms with van der Waals surface area (Å²) in [6, 6.07) is 29.2. The zero-order valence-corrected chi connectivity index (χ0v) is 12.5. The molecule has 0 aliphatic carbocycles. The van der Waals surface area contributed by atoms with E-state index in [1.54, 1.807) is 0 Å². The van der Waals surface area contributed by atoms with Gasteiger partial charge in [-0.2, -0.15) is 0 Å². The topological polar surface area (TPSA) is 24.1 Å². The molecule has 0 aliphatic heterocycles. The SMILES string of the molecule is c1ccc(NCc2cccc(CNc3ccccc3)c2)cc1. The fourth-order valence-corrected chi connectivity index (χ4v) is 2.37. The van der Waals surface area contributed by atoms with Crippen molar-refractivity contribution >= 4 is 11.4 Å². The van der Waals surface area contributed by atoms with E-state index in [0.29, 0.717) is 0 Å². The van der Waals surface area contributed by atoms with Gasteiger partial charge < -0.3 is 10.6 Å². The van der Waals surface area contributed by atoms with Crippen molar-refractivity contribution in [3.63, 3.8) is 0 Å². The lowest BCUT2D eigenvalue weighted by Gasteiger charge is -2.10. The van der Waals surface area contributed by atoms with Crippen LogP contribution < -0.4 is 10.6 Å². The monoisotopic (exact) mass is 288 g/mol. The lowest BCUT2D eigenvalue weighted by molar-refractivity contribution is 1.10. The van der Waals surface area contributed by atoms with Gasteiger partial charge in [0.05, 0.1) is 0 Å². The summed E-state index contributed by atoms with van der Waals surface area (Å²) in [6.45, 7) is 1.67. The van der Waals surface area contributed by atoms with E-state index in [0.717, 1.165) is 24.5 Å². The van der Waals surface area contributed by atoms with E-state index >= 15 is 0 Å². The zero-order chi connectivity index (χ0) is 15.0. The Hall–Kier alpha value is -2.74. The average Bonchev–Trinajstić information content (AvgIpc) is 2.60. The highest BCUT2D eigenvalue weighted by Gasteiger charge is 1.97. The standard InChI is InChI=1S/C20H20N2/c1-3-10-19(11-4-1)21-15-17-8-7-9-18(14-17)16-22-20-12-5-2-6-13-20/h1-14,21-22H,15-16H2. The van der Waals surface area contributed by atoms with Gasteiger partial charge in [0, 0.05) is 24.5 Å². The molecule has 0 saturated heterocycles. The van der Waals surface area contributed by atoms with Crippen molar-refractivity contribution in [3.8, 4) is 0 Å². The Morgan fingerprint density at radius 1 is 0.500 bits per heavy atom. The molecule has 3 aromatic carbocycles. The van der Waals surface area contributed by atoms with Crippen LogP contribution in [-0.4, -0.2) is 0 Å². The number of nitrogens with one attached hydrogen (secondary N) is 2. The highest BCUT2D eigenvalue weighted by atomic mass is 14.9. The molecule has 0 saturated carbocycles. The molecule has 0 unspecified atom stereocenters. The first kappa shape index (κ1) is 14.2. The third kappa shape index (κ3) is 4.13. The summed E-state index contributed by atoms with van der Waals surface area (Å²) >= 11 is 0. The van der Waals surface area contributed by atoms with Gasteiger partial charge in [0.1, 0.15) is 0 Å². The van der Waals surface area contributed by atoms with Gasteiger partial charge >= 0.3 is 0 Å². The molecular weight excluding hydrogens is 268 g/mol. The van der Waals surface area contributed by atoms with Gasteiger partial charge in [0.25, 0.3) is 0 Å². The maximum Gasteiger partial charge on any atom is 0.0400 e. The largest absolute Gasteiger partial charge is 0.381 e. The van der Waals surface area contributed by atoms with E-state index in [9.17, 15) is 0 Å². The predicted molar refractivity (Wildman–Crippen MR) is 94.0 cm³/mol. The second-order valence-electron chi connectivity index (χ2n) is 5.26. The van der Waals surface area contributed by atoms with Gasteiger partial charge in [-0.05, 0) is 35.4 Å². The molecule has 110 valence electrons. The van der Waals surface area contributed by atoms with Crippen LogP contribution in [0, 0.1) is 0 Å². The second-order valence-corrected chi connectivity index (χ2v) is 5.26. The Kier molecular flexibility index (Phi) is 4.73. The van der Waals surface area contributed by atoms with Gasteiger partial charge in [-0.15, -0.1) is 0 Å². The van der Waals surface area contributed by atoms with Crippen molar-refractivity contribution in [2.75, 3.05) is 10.6 Å². The third-order valence-corrected chi connectivity index (χ3v) is 3.53. The summed E-state index contributed by atoms with van der Waals surface area (Å²) in [4.78, 5) is 0. The molecule has 0 heterocycles. The zero-order valence-electron chi connectivity index (χ0n) is 12.5. The first-order valence-electron chi connectivity index (χ1n) is 7.56. The second kappa shape index (κ2) is 7.32. The first-order chi connectivity index (χ1) is 10.9. The lowest BCUT2D eigenvalue weighted by Crippen LogP contribution is -2.02. The van der Waals surface area contributed by atoms with Crippen LogP contribution >= 0.6 is 0 Å². The molecule has 2 N–H and O–H groups in total. The van der Waals surface area contributed by atoms with E-state index in [1.165, 1.54) is 11.1 Å². The van der Waals surface area contributed by atoms with Gasteiger partial charge in [0.2, 0.25) is 0 Å². The summed E-state index contributed by atoms with van der Waals surface area (Å²) in [5.74, 6) is 0. The van der Waals surface area contributed by atoms with E-state index in [2.05, 4.69) is 59.2 Å². The van der Waals surface area contributed by atoms with E-state index in [4.69, 9.17) is 0 Å². The van der Waals surface area contributed by atoms with Gasteiger partial charge in [-0.3, -0.25) is 0 Å². The van der Waals surface area contributed by atoms with Gasteiger partial charge in [-0.1, -0.05) is 60.7 Å². The summed E-state index contributed by atoms with van der Waals surface area (Å²) in [6.07, 6.45) is 0. The summed E-state index contributed by atoms with van der Waals surface area (Å²) in [7, 11) is 0. The lowest BCUT2D eigenvalue weighted by atomic mass is 10.1. The molecule has 0 atom stereocenters. The van der Waals surface area contributed by atoms with Crippen LogP contribution in [0.2, 0.25) is 0 Å². The van der Waals surface area contributed by atoms with Crippen molar-refractivity contribution in [2.45, 2.75) is 13.1 Å². The quantitative estimate of drug-likeness (QED) is 0.673. The Balaban J connectivity index is 1.58. The minimum absolute atomic E-state index is 0.836. The summed E-state index contributed by atoms with van der Waals surface area (Å²) in [5, 5.41) is 6.88. The van der Waals surface area contributed by atoms with Gasteiger partial charge in [-0.25, -0.2) is 0 Å². The highest BCUT2D eigenvalue weighted by Crippen LogP contribution is 2.12. The van der Waals surface area contributed by atoms with Crippen LogP contribution in [0.25, 0.3) is 0 Å². The molecule has 0 aromatic heterocycles. The normalized spacial score (nSPS) is 10.2. The number of anilines is 2. The molecular formula is C20H20N2. The van der Waals surface area contributed by atoms with Crippen molar-refractivity contribution < 1.29 is 0 Å². The molecule has 3 aromatic rings. The minimum Gasteiger partial charge on any atom is -0.381 e. The molecule has 0 fully saturated rings. The number of rotatable bonds is 6. The molecule has 2 heteroatoms. The third-order valence-electron chi connectivity index (χ3n) is 3.53. The molecule has 0 spiro atoms. The summed E-state index contributed by atoms with van der Waals surface area (Å²) in [5.41, 5.74) is 4.87. The van der Waals surface area contributed by atoms with Gasteiger partial charge in [0.15, 0.2) is 0 Å². The van der Waals surface area contributed by atoms with Crippen LogP contribution in [-0.2, 0) is 13.1 Å². The van der Waals surface area contributed by atoms with Crippen molar-refractivity contribution in [1.82, 2.24) is 0 Å². The Labute approximate surface area is 131 Å². The van der Waals surface area contributed by atoms with Crippen LogP contribution in [0.5, 0.6) is 0 Å². The minimum atomic E-state index is 0.836. The van der Waals surface area contributed by atoms with E-state index in [1.807, 2.05) is 36.4 Å². The molecule has 3 rings (SSSR count). The first-order valence-corrected chi connectivity index (χ1v) is 7.56. The fourth-order valence-electron chi connectivity index (χ4n) is 2.37. The highest BCUT2D eigenvalue weighted by molar-refractivity contribution is 5.45. The van der Waals surface area contributed by atoms with Crippen LogP contribution in [0.3, 0.4) is 0 Å². The fraction of sp³-hybridized carbons (Fsp3) is 0.100. The number of para-hydroxylation sites is 2. The van der Waals surface area contributed by atoms with Crippen molar-refractivity contribution in [2.24, 2.45) is 0 Å². The maximum absolute atomic E-state index is 3.44.